The Hall–Kier alpha value is -2.48. The SMILES string of the molecule is Nc1c2cnccc2nn1N(C(=O)CCC1CCCCC1)c1nccs1. The molecule has 3 aromatic rings. The van der Waals surface area contributed by atoms with E-state index in [0.29, 0.717) is 28.8 Å². The van der Waals surface area contributed by atoms with Gasteiger partial charge in [0.15, 0.2) is 5.82 Å². The molecule has 0 saturated heterocycles. The van der Waals surface area contributed by atoms with Crippen LogP contribution in [0.5, 0.6) is 0 Å². The van der Waals surface area contributed by atoms with Gasteiger partial charge in [0.05, 0.1) is 10.9 Å². The summed E-state index contributed by atoms with van der Waals surface area (Å²) in [7, 11) is 0. The zero-order chi connectivity index (χ0) is 17.9. The highest BCUT2D eigenvalue weighted by molar-refractivity contribution is 7.13. The maximum absolute atomic E-state index is 13.1. The van der Waals surface area contributed by atoms with E-state index in [1.165, 1.54) is 53.2 Å². The van der Waals surface area contributed by atoms with Gasteiger partial charge in [0, 0.05) is 30.4 Å². The van der Waals surface area contributed by atoms with Crippen molar-refractivity contribution in [3.05, 3.63) is 30.0 Å². The molecule has 0 unspecified atom stereocenters. The first-order valence-corrected chi connectivity index (χ1v) is 9.93. The van der Waals surface area contributed by atoms with Crippen LogP contribution in [0.3, 0.4) is 0 Å². The van der Waals surface area contributed by atoms with E-state index < -0.39 is 0 Å². The van der Waals surface area contributed by atoms with Gasteiger partial charge in [0.1, 0.15) is 0 Å². The Labute approximate surface area is 155 Å². The number of pyridine rings is 1. The molecule has 1 aliphatic rings. The Kier molecular flexibility index (Phi) is 4.83. The predicted octanol–water partition coefficient (Wildman–Crippen LogP) is 3.63. The summed E-state index contributed by atoms with van der Waals surface area (Å²) in [6.45, 7) is 0. The molecule has 0 aromatic carbocycles. The third-order valence-corrected chi connectivity index (χ3v) is 5.76. The molecule has 136 valence electrons. The van der Waals surface area contributed by atoms with E-state index in [4.69, 9.17) is 5.73 Å². The average molecular weight is 370 g/mol. The van der Waals surface area contributed by atoms with Crippen LogP contribution in [-0.2, 0) is 4.79 Å². The molecule has 1 saturated carbocycles. The summed E-state index contributed by atoms with van der Waals surface area (Å²) >= 11 is 1.40. The molecule has 0 aliphatic heterocycles. The van der Waals surface area contributed by atoms with Gasteiger partial charge in [0.25, 0.3) is 0 Å². The highest BCUT2D eigenvalue weighted by atomic mass is 32.1. The first kappa shape index (κ1) is 17.0. The van der Waals surface area contributed by atoms with Crippen LogP contribution >= 0.6 is 11.3 Å². The monoisotopic (exact) mass is 370 g/mol. The summed E-state index contributed by atoms with van der Waals surface area (Å²) in [6.07, 6.45) is 12.7. The predicted molar refractivity (Wildman–Crippen MR) is 103 cm³/mol. The third kappa shape index (κ3) is 3.29. The van der Waals surface area contributed by atoms with Gasteiger partial charge in [-0.25, -0.2) is 4.98 Å². The topological polar surface area (TPSA) is 89.9 Å². The standard InChI is InChI=1S/C18H22N6OS/c19-17-14-12-20-9-8-15(14)22-24(17)23(18-21-10-11-26-18)16(25)7-6-13-4-2-1-3-5-13/h8-13H,1-7,19H2. The Morgan fingerprint density at radius 1 is 1.31 bits per heavy atom. The number of fused-ring (bicyclic) bond motifs is 1. The van der Waals surface area contributed by atoms with Crippen LogP contribution in [0.1, 0.15) is 44.9 Å². The van der Waals surface area contributed by atoms with Gasteiger partial charge in [-0.15, -0.1) is 21.2 Å². The summed E-state index contributed by atoms with van der Waals surface area (Å²) in [5, 5.41) is 9.16. The summed E-state index contributed by atoms with van der Waals surface area (Å²) in [6, 6.07) is 1.79. The van der Waals surface area contributed by atoms with Crippen molar-refractivity contribution < 1.29 is 4.79 Å². The van der Waals surface area contributed by atoms with E-state index in [1.807, 2.05) is 5.38 Å². The van der Waals surface area contributed by atoms with E-state index in [0.717, 1.165) is 11.8 Å². The largest absolute Gasteiger partial charge is 0.382 e. The first-order valence-electron chi connectivity index (χ1n) is 9.05. The molecule has 0 spiro atoms. The third-order valence-electron chi connectivity index (χ3n) is 5.01. The zero-order valence-electron chi connectivity index (χ0n) is 14.5. The molecule has 1 fully saturated rings. The van der Waals surface area contributed by atoms with Crippen molar-refractivity contribution in [3.8, 4) is 0 Å². The fraction of sp³-hybridized carbons (Fsp3) is 0.444. The van der Waals surface area contributed by atoms with Crippen molar-refractivity contribution in [3.63, 3.8) is 0 Å². The number of carbonyl (C=O) groups is 1. The Morgan fingerprint density at radius 2 is 2.15 bits per heavy atom. The van der Waals surface area contributed by atoms with E-state index in [1.54, 1.807) is 24.7 Å². The van der Waals surface area contributed by atoms with Gasteiger partial charge < -0.3 is 5.73 Å². The molecule has 8 heteroatoms. The van der Waals surface area contributed by atoms with Crippen LogP contribution in [0, 0.1) is 5.92 Å². The smallest absolute Gasteiger partial charge is 0.249 e. The van der Waals surface area contributed by atoms with Gasteiger partial charge in [-0.05, 0) is 18.4 Å². The molecule has 3 aromatic heterocycles. The van der Waals surface area contributed by atoms with E-state index in [2.05, 4.69) is 15.1 Å². The van der Waals surface area contributed by atoms with E-state index in [-0.39, 0.29) is 5.91 Å². The Balaban J connectivity index is 1.61. The van der Waals surface area contributed by atoms with Gasteiger partial charge in [0.2, 0.25) is 11.0 Å². The fourth-order valence-electron chi connectivity index (χ4n) is 3.61. The van der Waals surface area contributed by atoms with Crippen LogP contribution in [0.25, 0.3) is 10.9 Å². The number of aromatic nitrogens is 4. The number of nitrogen functional groups attached to an aromatic ring is 1. The molecule has 0 bridgehead atoms. The zero-order valence-corrected chi connectivity index (χ0v) is 15.4. The second kappa shape index (κ2) is 7.41. The van der Waals surface area contributed by atoms with Gasteiger partial charge >= 0.3 is 0 Å². The van der Waals surface area contributed by atoms with E-state index >= 15 is 0 Å². The van der Waals surface area contributed by atoms with Gasteiger partial charge in [-0.3, -0.25) is 9.78 Å². The van der Waals surface area contributed by atoms with Crippen LogP contribution in [0.2, 0.25) is 0 Å². The lowest BCUT2D eigenvalue weighted by atomic mass is 9.86. The second-order valence-corrected chi connectivity index (χ2v) is 7.60. The number of thiazole rings is 1. The second-order valence-electron chi connectivity index (χ2n) is 6.73. The maximum atomic E-state index is 13.1. The number of amides is 1. The fourth-order valence-corrected chi connectivity index (χ4v) is 4.26. The summed E-state index contributed by atoms with van der Waals surface area (Å²) in [5.74, 6) is 1.01. The lowest BCUT2D eigenvalue weighted by molar-refractivity contribution is -0.119. The van der Waals surface area contributed by atoms with Gasteiger partial charge in [-0.2, -0.15) is 5.01 Å². The quantitative estimate of drug-likeness (QED) is 0.741. The van der Waals surface area contributed by atoms with Crippen molar-refractivity contribution in [2.24, 2.45) is 5.92 Å². The molecule has 0 atom stereocenters. The minimum absolute atomic E-state index is 0.0296. The number of nitrogens with two attached hydrogens (primary N) is 1. The normalized spacial score (nSPS) is 15.4. The van der Waals surface area contributed by atoms with Crippen molar-refractivity contribution in [1.29, 1.82) is 0 Å². The molecule has 2 N–H and O–H groups in total. The number of hydrogen-bond acceptors (Lipinski definition) is 6. The molecule has 0 radical (unpaired) electrons. The molecule has 1 amide bonds. The molecule has 3 heterocycles. The Morgan fingerprint density at radius 3 is 2.88 bits per heavy atom. The number of carbonyl (C=O) groups excluding carboxylic acids is 1. The minimum Gasteiger partial charge on any atom is -0.382 e. The van der Waals surface area contributed by atoms with Crippen molar-refractivity contribution in [1.82, 2.24) is 19.9 Å². The van der Waals surface area contributed by atoms with Crippen LogP contribution in [0.4, 0.5) is 10.9 Å². The number of nitrogens with zero attached hydrogens (tertiary/aromatic N) is 5. The number of rotatable bonds is 5. The summed E-state index contributed by atoms with van der Waals surface area (Å²) in [5.41, 5.74) is 6.97. The minimum atomic E-state index is -0.0296. The first-order chi connectivity index (χ1) is 12.7. The van der Waals surface area contributed by atoms with Crippen LogP contribution in [0.15, 0.2) is 30.0 Å². The van der Waals surface area contributed by atoms with Crippen molar-refractivity contribution in [2.45, 2.75) is 44.9 Å². The molecular formula is C18H22N6OS. The maximum Gasteiger partial charge on any atom is 0.249 e. The lowest BCUT2D eigenvalue weighted by Crippen LogP contribution is -2.37. The average Bonchev–Trinajstić information content (AvgIpc) is 3.31. The number of anilines is 2. The van der Waals surface area contributed by atoms with Crippen molar-refractivity contribution in [2.75, 3.05) is 10.7 Å². The van der Waals surface area contributed by atoms with Crippen LogP contribution in [-0.4, -0.2) is 25.8 Å². The number of hydrogen-bond donors (Lipinski definition) is 1. The molecular weight excluding hydrogens is 348 g/mol. The highest BCUT2D eigenvalue weighted by Crippen LogP contribution is 2.29. The van der Waals surface area contributed by atoms with Crippen LogP contribution < -0.4 is 10.7 Å². The van der Waals surface area contributed by atoms with Crippen molar-refractivity contribution >= 4 is 39.1 Å². The molecule has 4 rings (SSSR count). The molecule has 7 nitrogen and oxygen atoms in total. The van der Waals surface area contributed by atoms with E-state index in [9.17, 15) is 4.79 Å². The lowest BCUT2D eigenvalue weighted by Gasteiger charge is -2.24. The summed E-state index contributed by atoms with van der Waals surface area (Å²) in [4.78, 5) is 23.0. The highest BCUT2D eigenvalue weighted by Gasteiger charge is 2.25. The molecule has 1 aliphatic carbocycles. The summed E-state index contributed by atoms with van der Waals surface area (Å²) < 4.78 is 0. The van der Waals surface area contributed by atoms with Gasteiger partial charge in [-0.1, -0.05) is 32.1 Å². The Bertz CT molecular complexity index is 884. The molecule has 26 heavy (non-hydrogen) atoms.